The van der Waals surface area contributed by atoms with Gasteiger partial charge < -0.3 is 10.3 Å². The number of anilines is 1. The van der Waals surface area contributed by atoms with Gasteiger partial charge in [-0.05, 0) is 41.5 Å². The highest BCUT2D eigenvalue weighted by atomic mass is 35.5. The van der Waals surface area contributed by atoms with E-state index in [1.807, 2.05) is 42.7 Å². The maximum atomic E-state index is 12.4. The Balaban J connectivity index is 1.58. The second kappa shape index (κ2) is 7.02. The lowest BCUT2D eigenvalue weighted by atomic mass is 10.0. The summed E-state index contributed by atoms with van der Waals surface area (Å²) in [6.07, 6.45) is 3.95. The minimum Gasteiger partial charge on any atom is -0.346 e. The van der Waals surface area contributed by atoms with Crippen molar-refractivity contribution in [1.82, 2.24) is 9.97 Å². The maximum Gasteiger partial charge on any atom is 0.228 e. The highest BCUT2D eigenvalue weighted by Crippen LogP contribution is 2.25. The molecule has 0 aliphatic heterocycles. The zero-order chi connectivity index (χ0) is 17.9. The van der Waals surface area contributed by atoms with E-state index in [9.17, 15) is 4.79 Å². The van der Waals surface area contributed by atoms with Crippen LogP contribution in [0.1, 0.15) is 5.56 Å². The van der Waals surface area contributed by atoms with Gasteiger partial charge in [-0.1, -0.05) is 41.9 Å². The standard InChI is InChI=1S/C21H16ClN3O/c22-17-6-8-18(9-7-17)25-20(26)11-16-13-24-21-19(16)10-15(12-23-21)14-4-2-1-3-5-14/h1-10,12-13H,11H2,(H,23,24)(H,25,26). The van der Waals surface area contributed by atoms with Crippen LogP contribution in [-0.4, -0.2) is 15.9 Å². The fourth-order valence-electron chi connectivity index (χ4n) is 2.90. The van der Waals surface area contributed by atoms with Gasteiger partial charge in [-0.25, -0.2) is 4.98 Å². The van der Waals surface area contributed by atoms with Gasteiger partial charge in [-0.15, -0.1) is 0 Å². The summed E-state index contributed by atoms with van der Waals surface area (Å²) < 4.78 is 0. The molecule has 0 aliphatic rings. The third-order valence-corrected chi connectivity index (χ3v) is 4.45. The van der Waals surface area contributed by atoms with E-state index in [0.717, 1.165) is 33.4 Å². The Morgan fingerprint density at radius 3 is 2.58 bits per heavy atom. The number of aromatic amines is 1. The fraction of sp³-hybridized carbons (Fsp3) is 0.0476. The Labute approximate surface area is 155 Å². The average Bonchev–Trinajstić information content (AvgIpc) is 3.06. The number of halogens is 1. The second-order valence-electron chi connectivity index (χ2n) is 6.03. The SMILES string of the molecule is O=C(Cc1c[nH]c2ncc(-c3ccccc3)cc12)Nc1ccc(Cl)cc1. The van der Waals surface area contributed by atoms with Crippen LogP contribution in [-0.2, 0) is 11.2 Å². The molecule has 0 spiro atoms. The molecule has 0 saturated carbocycles. The number of H-pyrrole nitrogens is 1. The summed E-state index contributed by atoms with van der Waals surface area (Å²) in [5.41, 5.74) is 4.54. The predicted molar refractivity (Wildman–Crippen MR) is 105 cm³/mol. The normalized spacial score (nSPS) is 10.8. The molecule has 0 radical (unpaired) electrons. The molecule has 0 atom stereocenters. The largest absolute Gasteiger partial charge is 0.346 e. The summed E-state index contributed by atoms with van der Waals surface area (Å²) in [7, 11) is 0. The number of rotatable bonds is 4. The van der Waals surface area contributed by atoms with Gasteiger partial charge in [0.05, 0.1) is 6.42 Å². The van der Waals surface area contributed by atoms with E-state index in [-0.39, 0.29) is 12.3 Å². The van der Waals surface area contributed by atoms with E-state index in [1.54, 1.807) is 24.3 Å². The van der Waals surface area contributed by atoms with Crippen LogP contribution in [0.3, 0.4) is 0 Å². The first kappa shape index (κ1) is 16.4. The molecule has 2 heterocycles. The van der Waals surface area contributed by atoms with Crippen molar-refractivity contribution in [3.8, 4) is 11.1 Å². The molecule has 0 unspecified atom stereocenters. The molecule has 2 aromatic carbocycles. The summed E-state index contributed by atoms with van der Waals surface area (Å²) in [6, 6.07) is 19.2. The third kappa shape index (κ3) is 3.46. The Bertz CT molecular complexity index is 1060. The Morgan fingerprint density at radius 2 is 1.81 bits per heavy atom. The molecule has 128 valence electrons. The van der Waals surface area contributed by atoms with Gasteiger partial charge in [0, 0.05) is 34.1 Å². The Kier molecular flexibility index (Phi) is 4.42. The predicted octanol–water partition coefficient (Wildman–Crippen LogP) is 5.06. The van der Waals surface area contributed by atoms with Crippen LogP contribution in [0.4, 0.5) is 5.69 Å². The van der Waals surface area contributed by atoms with Crippen molar-refractivity contribution >= 4 is 34.2 Å². The molecule has 26 heavy (non-hydrogen) atoms. The minimum absolute atomic E-state index is 0.0849. The van der Waals surface area contributed by atoms with Crippen molar-refractivity contribution in [3.05, 3.63) is 83.6 Å². The Morgan fingerprint density at radius 1 is 1.04 bits per heavy atom. The zero-order valence-electron chi connectivity index (χ0n) is 13.9. The molecule has 0 fully saturated rings. The summed E-state index contributed by atoms with van der Waals surface area (Å²) in [5.74, 6) is -0.0849. The van der Waals surface area contributed by atoms with Crippen LogP contribution in [0.15, 0.2) is 73.1 Å². The summed E-state index contributed by atoms with van der Waals surface area (Å²) >= 11 is 5.87. The molecule has 4 nitrogen and oxygen atoms in total. The number of hydrogen-bond acceptors (Lipinski definition) is 2. The first-order valence-corrected chi connectivity index (χ1v) is 8.64. The smallest absolute Gasteiger partial charge is 0.228 e. The van der Waals surface area contributed by atoms with Gasteiger partial charge in [0.25, 0.3) is 0 Å². The number of amides is 1. The van der Waals surface area contributed by atoms with Gasteiger partial charge in [0.15, 0.2) is 0 Å². The van der Waals surface area contributed by atoms with E-state index >= 15 is 0 Å². The lowest BCUT2D eigenvalue weighted by molar-refractivity contribution is -0.115. The van der Waals surface area contributed by atoms with Crippen molar-refractivity contribution < 1.29 is 4.79 Å². The number of aromatic nitrogens is 2. The topological polar surface area (TPSA) is 57.8 Å². The molecule has 2 aromatic heterocycles. The molecular formula is C21H16ClN3O. The van der Waals surface area contributed by atoms with E-state index in [0.29, 0.717) is 5.02 Å². The van der Waals surface area contributed by atoms with E-state index in [1.165, 1.54) is 0 Å². The highest BCUT2D eigenvalue weighted by Gasteiger charge is 2.11. The van der Waals surface area contributed by atoms with E-state index in [4.69, 9.17) is 11.6 Å². The maximum absolute atomic E-state index is 12.4. The number of carbonyl (C=O) groups is 1. The molecule has 0 aliphatic carbocycles. The quantitative estimate of drug-likeness (QED) is 0.533. The number of hydrogen-bond donors (Lipinski definition) is 2. The third-order valence-electron chi connectivity index (χ3n) is 4.20. The van der Waals surface area contributed by atoms with Crippen LogP contribution < -0.4 is 5.32 Å². The Hall–Kier alpha value is -3.11. The second-order valence-corrected chi connectivity index (χ2v) is 6.47. The van der Waals surface area contributed by atoms with Gasteiger partial charge in [0.1, 0.15) is 5.65 Å². The van der Waals surface area contributed by atoms with Crippen molar-refractivity contribution in [3.63, 3.8) is 0 Å². The first-order valence-electron chi connectivity index (χ1n) is 8.26. The number of benzene rings is 2. The van der Waals surface area contributed by atoms with E-state index < -0.39 is 0 Å². The monoisotopic (exact) mass is 361 g/mol. The van der Waals surface area contributed by atoms with Crippen molar-refractivity contribution in [2.75, 3.05) is 5.32 Å². The number of nitrogens with one attached hydrogen (secondary N) is 2. The van der Waals surface area contributed by atoms with Crippen LogP contribution >= 0.6 is 11.6 Å². The number of fused-ring (bicyclic) bond motifs is 1. The summed E-state index contributed by atoms with van der Waals surface area (Å²) in [5, 5.41) is 4.48. The van der Waals surface area contributed by atoms with Crippen molar-refractivity contribution in [1.29, 1.82) is 0 Å². The number of pyridine rings is 1. The van der Waals surface area contributed by atoms with Gasteiger partial charge in [-0.2, -0.15) is 0 Å². The zero-order valence-corrected chi connectivity index (χ0v) is 14.6. The molecule has 4 aromatic rings. The van der Waals surface area contributed by atoms with E-state index in [2.05, 4.69) is 21.4 Å². The molecule has 5 heteroatoms. The van der Waals surface area contributed by atoms with Gasteiger partial charge in [-0.3, -0.25) is 4.79 Å². The molecule has 1 amide bonds. The van der Waals surface area contributed by atoms with Gasteiger partial charge >= 0.3 is 0 Å². The first-order chi connectivity index (χ1) is 12.7. The van der Waals surface area contributed by atoms with Crippen molar-refractivity contribution in [2.24, 2.45) is 0 Å². The molecule has 0 bridgehead atoms. The minimum atomic E-state index is -0.0849. The molecule has 0 saturated heterocycles. The average molecular weight is 362 g/mol. The number of carbonyl (C=O) groups excluding carboxylic acids is 1. The molecular weight excluding hydrogens is 346 g/mol. The lowest BCUT2D eigenvalue weighted by Gasteiger charge is -2.05. The molecule has 2 N–H and O–H groups in total. The van der Waals surface area contributed by atoms with Crippen LogP contribution in [0, 0.1) is 0 Å². The highest BCUT2D eigenvalue weighted by molar-refractivity contribution is 6.30. The van der Waals surface area contributed by atoms with Crippen LogP contribution in [0.2, 0.25) is 5.02 Å². The molecule has 4 rings (SSSR count). The lowest BCUT2D eigenvalue weighted by Crippen LogP contribution is -2.14. The summed E-state index contributed by atoms with van der Waals surface area (Å²) in [4.78, 5) is 20.0. The van der Waals surface area contributed by atoms with Crippen LogP contribution in [0.5, 0.6) is 0 Å². The number of nitrogens with zero attached hydrogens (tertiary/aromatic N) is 1. The fourth-order valence-corrected chi connectivity index (χ4v) is 3.03. The van der Waals surface area contributed by atoms with Crippen molar-refractivity contribution in [2.45, 2.75) is 6.42 Å². The summed E-state index contributed by atoms with van der Waals surface area (Å²) in [6.45, 7) is 0. The van der Waals surface area contributed by atoms with Crippen LogP contribution in [0.25, 0.3) is 22.2 Å². The van der Waals surface area contributed by atoms with Gasteiger partial charge in [0.2, 0.25) is 5.91 Å².